The number of benzene rings is 2. The molecule has 2 nitrogen and oxygen atoms in total. The number of aryl methyl sites for hydroxylation is 1. The Morgan fingerprint density at radius 1 is 1.00 bits per heavy atom. The molecule has 0 aliphatic heterocycles. The molecule has 2 heteroatoms. The van der Waals surface area contributed by atoms with Crippen molar-refractivity contribution in [3.8, 4) is 0 Å². The molecule has 0 radical (unpaired) electrons. The van der Waals surface area contributed by atoms with E-state index in [0.717, 1.165) is 12.8 Å². The Kier molecular flexibility index (Phi) is 4.13. The van der Waals surface area contributed by atoms with Crippen LogP contribution in [0.25, 0.3) is 0 Å². The first-order valence-corrected chi connectivity index (χ1v) is 6.18. The van der Waals surface area contributed by atoms with Crippen LogP contribution in [0.1, 0.15) is 28.8 Å². The summed E-state index contributed by atoms with van der Waals surface area (Å²) in [6.45, 7) is 0. The summed E-state index contributed by atoms with van der Waals surface area (Å²) in [4.78, 5) is 11.9. The molecule has 0 aliphatic rings. The van der Waals surface area contributed by atoms with E-state index in [1.54, 1.807) is 12.1 Å². The topological polar surface area (TPSA) is 43.1 Å². The first-order chi connectivity index (χ1) is 8.75. The molecule has 0 aliphatic carbocycles. The molecule has 2 aromatic rings. The fraction of sp³-hybridized carbons (Fsp3) is 0.188. The van der Waals surface area contributed by atoms with Gasteiger partial charge in [0.1, 0.15) is 0 Å². The number of carbonyl (C=O) groups is 1. The molecule has 0 bridgehead atoms. The highest BCUT2D eigenvalue weighted by Gasteiger charge is 2.05. The Hall–Kier alpha value is -2.09. The van der Waals surface area contributed by atoms with Crippen molar-refractivity contribution in [1.82, 2.24) is 0 Å². The van der Waals surface area contributed by atoms with Crippen LogP contribution in [-0.4, -0.2) is 5.78 Å². The summed E-state index contributed by atoms with van der Waals surface area (Å²) >= 11 is 0. The highest BCUT2D eigenvalue weighted by molar-refractivity contribution is 5.96. The Balaban J connectivity index is 1.86. The lowest BCUT2D eigenvalue weighted by molar-refractivity contribution is 0.0980. The Morgan fingerprint density at radius 2 is 1.78 bits per heavy atom. The molecule has 0 heterocycles. The van der Waals surface area contributed by atoms with E-state index < -0.39 is 0 Å². The van der Waals surface area contributed by atoms with Gasteiger partial charge in [-0.3, -0.25) is 4.79 Å². The lowest BCUT2D eigenvalue weighted by atomic mass is 10.0. The zero-order valence-corrected chi connectivity index (χ0v) is 10.3. The Morgan fingerprint density at radius 3 is 2.50 bits per heavy atom. The second-order valence-electron chi connectivity index (χ2n) is 4.39. The summed E-state index contributed by atoms with van der Waals surface area (Å²) in [6.07, 6.45) is 2.38. The number of nitrogens with two attached hydrogens (primary N) is 1. The molecule has 0 atom stereocenters. The first kappa shape index (κ1) is 12.4. The van der Waals surface area contributed by atoms with Crippen LogP contribution >= 0.6 is 0 Å². The van der Waals surface area contributed by atoms with Crippen molar-refractivity contribution >= 4 is 11.5 Å². The summed E-state index contributed by atoms with van der Waals surface area (Å²) < 4.78 is 0. The average Bonchev–Trinajstić information content (AvgIpc) is 2.40. The van der Waals surface area contributed by atoms with Gasteiger partial charge < -0.3 is 5.73 Å². The summed E-state index contributed by atoms with van der Waals surface area (Å²) in [5.74, 6) is 0.165. The maximum Gasteiger partial charge on any atom is 0.162 e. The van der Waals surface area contributed by atoms with Crippen molar-refractivity contribution in [3.63, 3.8) is 0 Å². The van der Waals surface area contributed by atoms with Crippen molar-refractivity contribution < 1.29 is 4.79 Å². The van der Waals surface area contributed by atoms with Crippen molar-refractivity contribution in [3.05, 3.63) is 65.7 Å². The largest absolute Gasteiger partial charge is 0.399 e. The maximum absolute atomic E-state index is 11.9. The van der Waals surface area contributed by atoms with Gasteiger partial charge in [0, 0.05) is 17.7 Å². The molecule has 0 amide bonds. The Bertz CT molecular complexity index is 520. The van der Waals surface area contributed by atoms with Gasteiger partial charge in [0.2, 0.25) is 0 Å². The molecular formula is C16H17NO. The summed E-state index contributed by atoms with van der Waals surface area (Å²) in [7, 11) is 0. The molecule has 2 N–H and O–H groups in total. The minimum Gasteiger partial charge on any atom is -0.399 e. The molecule has 18 heavy (non-hydrogen) atoms. The number of nitrogen functional groups attached to an aromatic ring is 1. The van der Waals surface area contributed by atoms with Crippen LogP contribution in [-0.2, 0) is 6.42 Å². The predicted octanol–water partition coefficient (Wildman–Crippen LogP) is 3.47. The highest BCUT2D eigenvalue weighted by atomic mass is 16.1. The van der Waals surface area contributed by atoms with Gasteiger partial charge in [-0.1, -0.05) is 42.5 Å². The smallest absolute Gasteiger partial charge is 0.162 e. The molecule has 0 saturated heterocycles. The molecule has 0 saturated carbocycles. The lowest BCUT2D eigenvalue weighted by Crippen LogP contribution is -2.00. The van der Waals surface area contributed by atoms with Gasteiger partial charge in [-0.15, -0.1) is 0 Å². The minimum atomic E-state index is 0.165. The summed E-state index contributed by atoms with van der Waals surface area (Å²) in [6, 6.07) is 17.4. The first-order valence-electron chi connectivity index (χ1n) is 6.18. The van der Waals surface area contributed by atoms with Crippen molar-refractivity contribution in [2.24, 2.45) is 0 Å². The molecule has 2 aromatic carbocycles. The van der Waals surface area contributed by atoms with Crippen LogP contribution in [0.15, 0.2) is 54.6 Å². The molecule has 0 aromatic heterocycles. The van der Waals surface area contributed by atoms with E-state index in [0.29, 0.717) is 17.7 Å². The van der Waals surface area contributed by atoms with E-state index in [1.165, 1.54) is 5.56 Å². The predicted molar refractivity (Wildman–Crippen MR) is 74.6 cm³/mol. The van der Waals surface area contributed by atoms with Crippen LogP contribution in [0.5, 0.6) is 0 Å². The van der Waals surface area contributed by atoms with Gasteiger partial charge in [0.15, 0.2) is 5.78 Å². The summed E-state index contributed by atoms with van der Waals surface area (Å²) in [5.41, 5.74) is 8.29. The van der Waals surface area contributed by atoms with E-state index in [9.17, 15) is 4.79 Å². The van der Waals surface area contributed by atoms with Gasteiger partial charge in [-0.05, 0) is 30.5 Å². The van der Waals surface area contributed by atoms with Gasteiger partial charge in [0.25, 0.3) is 0 Å². The van der Waals surface area contributed by atoms with Crippen LogP contribution in [0.4, 0.5) is 5.69 Å². The van der Waals surface area contributed by atoms with Crippen LogP contribution < -0.4 is 5.73 Å². The number of Topliss-reactive ketones (excluding diaryl/α,β-unsaturated/α-hetero) is 1. The van der Waals surface area contributed by atoms with E-state index in [1.807, 2.05) is 30.3 Å². The highest BCUT2D eigenvalue weighted by Crippen LogP contribution is 2.12. The quantitative estimate of drug-likeness (QED) is 0.641. The van der Waals surface area contributed by atoms with E-state index >= 15 is 0 Å². The van der Waals surface area contributed by atoms with Crippen LogP contribution in [0, 0.1) is 0 Å². The molecule has 92 valence electrons. The molecule has 0 unspecified atom stereocenters. The second-order valence-corrected chi connectivity index (χ2v) is 4.39. The SMILES string of the molecule is Nc1cccc(C(=O)CCCc2ccccc2)c1. The van der Waals surface area contributed by atoms with E-state index in [2.05, 4.69) is 12.1 Å². The van der Waals surface area contributed by atoms with Gasteiger partial charge in [-0.2, -0.15) is 0 Å². The van der Waals surface area contributed by atoms with Crippen molar-refractivity contribution in [2.45, 2.75) is 19.3 Å². The summed E-state index contributed by atoms with van der Waals surface area (Å²) in [5, 5.41) is 0. The third kappa shape index (κ3) is 3.45. The fourth-order valence-electron chi connectivity index (χ4n) is 1.95. The molecule has 0 spiro atoms. The molecule has 0 fully saturated rings. The number of rotatable bonds is 5. The zero-order chi connectivity index (χ0) is 12.8. The van der Waals surface area contributed by atoms with Crippen LogP contribution in [0.2, 0.25) is 0 Å². The minimum absolute atomic E-state index is 0.165. The van der Waals surface area contributed by atoms with Gasteiger partial charge >= 0.3 is 0 Å². The van der Waals surface area contributed by atoms with Crippen LogP contribution in [0.3, 0.4) is 0 Å². The lowest BCUT2D eigenvalue weighted by Gasteiger charge is -2.03. The number of hydrogen-bond acceptors (Lipinski definition) is 2. The standard InChI is InChI=1S/C16H17NO/c17-15-10-5-9-14(12-15)16(18)11-4-8-13-6-2-1-3-7-13/h1-3,5-7,9-10,12H,4,8,11,17H2. The average molecular weight is 239 g/mol. The normalized spacial score (nSPS) is 10.2. The molecular weight excluding hydrogens is 222 g/mol. The molecule has 2 rings (SSSR count). The maximum atomic E-state index is 11.9. The number of carbonyl (C=O) groups excluding carboxylic acids is 1. The van der Waals surface area contributed by atoms with Gasteiger partial charge in [-0.25, -0.2) is 0 Å². The zero-order valence-electron chi connectivity index (χ0n) is 10.3. The Labute approximate surface area is 107 Å². The van der Waals surface area contributed by atoms with Crippen molar-refractivity contribution in [2.75, 3.05) is 5.73 Å². The number of anilines is 1. The monoisotopic (exact) mass is 239 g/mol. The van der Waals surface area contributed by atoms with Gasteiger partial charge in [0.05, 0.1) is 0 Å². The fourth-order valence-corrected chi connectivity index (χ4v) is 1.95. The van der Waals surface area contributed by atoms with E-state index in [-0.39, 0.29) is 5.78 Å². The number of ketones is 1. The van der Waals surface area contributed by atoms with E-state index in [4.69, 9.17) is 5.73 Å². The van der Waals surface area contributed by atoms with Crippen molar-refractivity contribution in [1.29, 1.82) is 0 Å². The third-order valence-electron chi connectivity index (χ3n) is 2.92. The third-order valence-corrected chi connectivity index (χ3v) is 2.92. The second kappa shape index (κ2) is 6.01. The number of hydrogen-bond donors (Lipinski definition) is 1.